The first-order valence-electron chi connectivity index (χ1n) is 25.9. The van der Waals surface area contributed by atoms with Crippen molar-refractivity contribution in [2.45, 2.75) is 188 Å². The third kappa shape index (κ3) is 13.7. The number of ether oxygens (including phenoxy) is 4. The number of methoxy groups -OCH3 is 1. The minimum absolute atomic E-state index is 0.0757. The monoisotopic (exact) mass is 1060 g/mol. The maximum Gasteiger partial charge on any atom is 0.344 e. The van der Waals surface area contributed by atoms with Crippen LogP contribution in [0.3, 0.4) is 0 Å². The van der Waals surface area contributed by atoms with Gasteiger partial charge in [-0.05, 0) is 72.5 Å². The van der Waals surface area contributed by atoms with Crippen LogP contribution in [0.2, 0.25) is 27.7 Å². The van der Waals surface area contributed by atoms with Crippen molar-refractivity contribution < 1.29 is 60.6 Å². The zero-order valence-corrected chi connectivity index (χ0v) is 49.4. The Morgan fingerprint density at radius 3 is 2.04 bits per heavy atom. The van der Waals surface area contributed by atoms with Gasteiger partial charge in [0.25, 0.3) is 0 Å². The van der Waals surface area contributed by atoms with Crippen molar-refractivity contribution in [3.8, 4) is 0 Å². The van der Waals surface area contributed by atoms with E-state index >= 15 is 4.79 Å². The van der Waals surface area contributed by atoms with Gasteiger partial charge in [0, 0.05) is 41.0 Å². The first-order chi connectivity index (χ1) is 34.1. The fourth-order valence-electron chi connectivity index (χ4n) is 11.4. The van der Waals surface area contributed by atoms with Crippen molar-refractivity contribution in [2.24, 2.45) is 17.3 Å². The van der Waals surface area contributed by atoms with Gasteiger partial charge < -0.3 is 46.9 Å². The number of likely N-dealkylation sites (N-methyl/N-ethyl adjacent to an activating group) is 1. The molecule has 1 aromatic heterocycles. The van der Waals surface area contributed by atoms with Crippen molar-refractivity contribution in [2.75, 3.05) is 34.1 Å². The zero-order chi connectivity index (χ0) is 55.3. The number of nitrogens with one attached hydrogen (secondary N) is 1. The molecule has 1 N–H and O–H groups in total. The van der Waals surface area contributed by atoms with E-state index in [9.17, 15) is 19.2 Å². The molecule has 2 aliphatic heterocycles. The molecule has 0 aromatic carbocycles. The molecule has 7 atom stereocenters. The van der Waals surface area contributed by atoms with Gasteiger partial charge >= 0.3 is 26.5 Å². The Balaban J connectivity index is 1.92. The average molecular weight is 1060 g/mol. The predicted molar refractivity (Wildman–Crippen MR) is 286 cm³/mol. The Bertz CT molecular complexity index is 2130. The maximum atomic E-state index is 15.1. The van der Waals surface area contributed by atoms with E-state index in [1.54, 1.807) is 78.4 Å². The number of amides is 2. The lowest BCUT2D eigenvalue weighted by molar-refractivity contribution is -0.221. The SMILES string of the molecule is CO[C@@H](C[C@@H](C)[C@H](/C=C/C=C/CNC(=O)C(C)(C)[C@H](OC(C)=O)\C(C)=C/C=C\C=C\Cc1cnco1)OC(C)=O)[C@@]12O[Si](C(C)C)(C(C)C)OC[C@]1(C(=O)OCO[Si](C(C)C)(C(C)C)C(C)C)N(C)C(=O)[C@@H]2C. The van der Waals surface area contributed by atoms with E-state index in [2.05, 4.69) is 51.8 Å². The molecule has 0 spiro atoms. The lowest BCUT2D eigenvalue weighted by Crippen LogP contribution is -2.79. The molecule has 2 amide bonds. The van der Waals surface area contributed by atoms with Crippen molar-refractivity contribution in [1.29, 1.82) is 0 Å². The molecular formula is C55H89N3O13Si2. The fraction of sp³-hybridized carbons (Fsp3) is 0.673. The number of allylic oxidation sites excluding steroid dienone is 7. The topological polar surface area (TPSA) is 191 Å². The molecule has 18 heteroatoms. The quantitative estimate of drug-likeness (QED) is 0.0288. The molecule has 1 aromatic rings. The van der Waals surface area contributed by atoms with Gasteiger partial charge in [0.05, 0.1) is 30.2 Å². The molecule has 0 bridgehead atoms. The first-order valence-corrected chi connectivity index (χ1v) is 30.0. The Hall–Kier alpha value is -4.47. The molecule has 0 saturated carbocycles. The number of oxazole rings is 1. The van der Waals surface area contributed by atoms with Gasteiger partial charge in [0.2, 0.25) is 20.1 Å². The Morgan fingerprint density at radius 1 is 0.904 bits per heavy atom. The molecule has 3 rings (SSSR count). The van der Waals surface area contributed by atoms with Gasteiger partial charge in [-0.15, -0.1) is 0 Å². The highest BCUT2D eigenvalue weighted by molar-refractivity contribution is 6.77. The average Bonchev–Trinajstić information content (AvgIpc) is 3.89. The van der Waals surface area contributed by atoms with E-state index in [4.69, 9.17) is 36.6 Å². The number of nitrogens with zero attached hydrogens (tertiary/aromatic N) is 2. The van der Waals surface area contributed by atoms with Crippen LogP contribution in [-0.4, -0.2) is 120 Å². The summed E-state index contributed by atoms with van der Waals surface area (Å²) in [5.41, 5.74) is -3.25. The minimum Gasteiger partial charge on any atom is -0.458 e. The number of carbonyl (C=O) groups is 5. The summed E-state index contributed by atoms with van der Waals surface area (Å²) < 4.78 is 50.5. The molecule has 0 unspecified atom stereocenters. The molecule has 2 aliphatic rings. The summed E-state index contributed by atoms with van der Waals surface area (Å²) >= 11 is 0. The van der Waals surface area contributed by atoms with Gasteiger partial charge in [-0.3, -0.25) is 19.2 Å². The number of likely N-dealkylation sites (tertiary alicyclic amines) is 1. The van der Waals surface area contributed by atoms with Crippen LogP contribution >= 0.6 is 0 Å². The highest BCUT2D eigenvalue weighted by Crippen LogP contribution is 2.57. The second-order valence-corrected chi connectivity index (χ2v) is 31.6. The highest BCUT2D eigenvalue weighted by atomic mass is 28.4. The largest absolute Gasteiger partial charge is 0.458 e. The van der Waals surface area contributed by atoms with Crippen LogP contribution in [0.15, 0.2) is 77.3 Å². The number of fused-ring (bicyclic) bond motifs is 1. The molecule has 3 heterocycles. The lowest BCUT2D eigenvalue weighted by atomic mass is 9.69. The third-order valence-corrected chi connectivity index (χ3v) is 25.7. The van der Waals surface area contributed by atoms with Crippen LogP contribution in [0.4, 0.5) is 0 Å². The van der Waals surface area contributed by atoms with E-state index in [1.165, 1.54) is 25.1 Å². The van der Waals surface area contributed by atoms with Crippen LogP contribution in [0.5, 0.6) is 0 Å². The normalized spacial score (nSPS) is 22.6. The van der Waals surface area contributed by atoms with Crippen molar-refractivity contribution in [1.82, 2.24) is 15.2 Å². The number of rotatable bonds is 27. The van der Waals surface area contributed by atoms with Gasteiger partial charge in [0.15, 0.2) is 18.7 Å². The second-order valence-electron chi connectivity index (χ2n) is 21.8. The molecule has 2 fully saturated rings. The molecule has 410 valence electrons. The van der Waals surface area contributed by atoms with E-state index < -0.39 is 81.5 Å². The summed E-state index contributed by atoms with van der Waals surface area (Å²) in [5, 5.41) is 2.92. The zero-order valence-electron chi connectivity index (χ0n) is 47.4. The van der Waals surface area contributed by atoms with Gasteiger partial charge in [-0.25, -0.2) is 9.78 Å². The molecule has 73 heavy (non-hydrogen) atoms. The van der Waals surface area contributed by atoms with Crippen molar-refractivity contribution >= 4 is 46.6 Å². The second kappa shape index (κ2) is 26.8. The Kier molecular flexibility index (Phi) is 23.1. The fourth-order valence-corrected chi connectivity index (χ4v) is 20.6. The van der Waals surface area contributed by atoms with Crippen LogP contribution < -0.4 is 5.32 Å². The van der Waals surface area contributed by atoms with Crippen LogP contribution in [0, 0.1) is 17.3 Å². The van der Waals surface area contributed by atoms with Crippen LogP contribution in [0.25, 0.3) is 0 Å². The highest BCUT2D eigenvalue weighted by Gasteiger charge is 2.79. The summed E-state index contributed by atoms with van der Waals surface area (Å²) in [6.45, 7) is 32.4. The van der Waals surface area contributed by atoms with Crippen molar-refractivity contribution in [3.63, 3.8) is 0 Å². The van der Waals surface area contributed by atoms with E-state index in [0.717, 1.165) is 5.76 Å². The van der Waals surface area contributed by atoms with Crippen LogP contribution in [0.1, 0.15) is 130 Å². The van der Waals surface area contributed by atoms with Crippen LogP contribution in [-0.2, 0) is 62.6 Å². The summed E-state index contributed by atoms with van der Waals surface area (Å²) in [6.07, 6.45) is 17.5. The van der Waals surface area contributed by atoms with E-state index in [1.807, 2.05) is 58.9 Å². The number of hydrogen-bond acceptors (Lipinski definition) is 14. The Labute approximate surface area is 438 Å². The van der Waals surface area contributed by atoms with Crippen molar-refractivity contribution in [3.05, 3.63) is 78.6 Å². The summed E-state index contributed by atoms with van der Waals surface area (Å²) in [7, 11) is -2.55. The summed E-state index contributed by atoms with van der Waals surface area (Å²) in [4.78, 5) is 73.5. The molecular weight excluding hydrogens is 967 g/mol. The molecule has 0 radical (unpaired) electrons. The smallest absolute Gasteiger partial charge is 0.344 e. The van der Waals surface area contributed by atoms with Gasteiger partial charge in [-0.2, -0.15) is 0 Å². The molecule has 0 aliphatic carbocycles. The lowest BCUT2D eigenvalue weighted by Gasteiger charge is -2.59. The number of hydrogen-bond donors (Lipinski definition) is 1. The molecule has 2 saturated heterocycles. The Morgan fingerprint density at radius 2 is 1.51 bits per heavy atom. The minimum atomic E-state index is -3.23. The number of carbonyl (C=O) groups excluding carboxylic acids is 5. The van der Waals surface area contributed by atoms with Gasteiger partial charge in [-0.1, -0.05) is 132 Å². The molecule has 16 nitrogen and oxygen atoms in total. The van der Waals surface area contributed by atoms with E-state index in [0.29, 0.717) is 12.0 Å². The number of esters is 3. The summed E-state index contributed by atoms with van der Waals surface area (Å²) in [5.74, 6) is -2.93. The van der Waals surface area contributed by atoms with E-state index in [-0.39, 0.29) is 65.9 Å². The first kappa shape index (κ1) is 62.8. The standard InChI is InChI=1S/C55H89N3O13Si2/c1-36(2)72(37(3)4,38(5)6)68-35-66-52(63)54-33-67-73(39(7)8,40(9)10)71-55(54,43(13)50(61)58(54)18)48(64-19)31-42(12)47(69-44(14)59)29-25-22-26-30-57-51(62)53(16,17)49(70-45(15)60)41(11)27-23-20-21-24-28-46-32-56-34-65-46/h20-27,29,32,34,36-40,42-43,47-49H,28,30-31,33,35H2,1-19H3,(H,57,62)/b23-20-,24-21+,26-22+,29-25+,41-27-/t42-,43+,47+,48+,49-,54-,55-/m1/s1. The van der Waals surface area contributed by atoms with Gasteiger partial charge in [0.1, 0.15) is 23.6 Å². The predicted octanol–water partition coefficient (Wildman–Crippen LogP) is 10.0. The number of aromatic nitrogens is 1. The summed E-state index contributed by atoms with van der Waals surface area (Å²) in [6, 6.07) is 0. The third-order valence-electron chi connectivity index (χ3n) is 15.1. The maximum absolute atomic E-state index is 15.1.